The molecule has 2 aliphatic rings. The Hall–Kier alpha value is -0.910. The first-order valence-corrected chi connectivity index (χ1v) is 9.34. The molecule has 3 rings (SSSR count). The van der Waals surface area contributed by atoms with E-state index in [1.165, 1.54) is 0 Å². The van der Waals surface area contributed by atoms with Crippen LogP contribution < -0.4 is 5.32 Å². The van der Waals surface area contributed by atoms with Crippen LogP contribution >= 0.6 is 15.9 Å². The topological polar surface area (TPSA) is 47.6 Å². The summed E-state index contributed by atoms with van der Waals surface area (Å²) in [5.41, 5.74) is 0.571. The normalized spacial score (nSPS) is 25.5. The number of ether oxygens (including phenoxy) is 2. The zero-order valence-electron chi connectivity index (χ0n) is 14.7. The number of halogens is 1. The molecule has 1 aromatic carbocycles. The highest BCUT2D eigenvalue weighted by atomic mass is 79.9. The molecule has 0 amide bonds. The van der Waals surface area contributed by atoms with Gasteiger partial charge in [0.25, 0.3) is 0 Å². The molecule has 1 heterocycles. The number of hydrogen-bond acceptors (Lipinski definition) is 4. The van der Waals surface area contributed by atoms with Gasteiger partial charge in [0.1, 0.15) is 12.2 Å². The number of hydrogen-bond donors (Lipinski definition) is 1. The maximum absolute atomic E-state index is 12.1. The summed E-state index contributed by atoms with van der Waals surface area (Å²) in [6.07, 6.45) is 3.01. The lowest BCUT2D eigenvalue weighted by molar-refractivity contribution is -0.168. The second kappa shape index (κ2) is 6.43. The van der Waals surface area contributed by atoms with Crippen molar-refractivity contribution in [3.05, 3.63) is 34.3 Å². The minimum absolute atomic E-state index is 0.00665. The molecule has 1 spiro atoms. The molecule has 1 aromatic rings. The van der Waals surface area contributed by atoms with Gasteiger partial charge < -0.3 is 14.8 Å². The highest BCUT2D eigenvalue weighted by Crippen LogP contribution is 2.53. The van der Waals surface area contributed by atoms with Gasteiger partial charge >= 0.3 is 5.97 Å². The van der Waals surface area contributed by atoms with Crippen molar-refractivity contribution < 1.29 is 14.3 Å². The summed E-state index contributed by atoms with van der Waals surface area (Å²) in [7, 11) is 0. The molecule has 1 unspecified atom stereocenters. The summed E-state index contributed by atoms with van der Waals surface area (Å²) < 4.78 is 12.7. The largest absolute Gasteiger partial charge is 0.458 e. The highest BCUT2D eigenvalue weighted by molar-refractivity contribution is 9.10. The molecule has 1 N–H and O–H groups in total. The van der Waals surface area contributed by atoms with Gasteiger partial charge in [-0.15, -0.1) is 0 Å². The molecule has 1 aliphatic carbocycles. The number of nitrogens with one attached hydrogen (secondary N) is 1. The van der Waals surface area contributed by atoms with Crippen LogP contribution in [-0.2, 0) is 19.9 Å². The van der Waals surface area contributed by atoms with Crippen LogP contribution in [0.3, 0.4) is 0 Å². The second-order valence-electron chi connectivity index (χ2n) is 8.16. The Morgan fingerprint density at radius 1 is 1.29 bits per heavy atom. The van der Waals surface area contributed by atoms with Gasteiger partial charge in [0.15, 0.2) is 0 Å². The van der Waals surface area contributed by atoms with Crippen molar-refractivity contribution in [1.29, 1.82) is 0 Å². The van der Waals surface area contributed by atoms with Crippen LogP contribution in [-0.4, -0.2) is 31.3 Å². The Morgan fingerprint density at radius 2 is 2.04 bits per heavy atom. The average molecular weight is 396 g/mol. The molecule has 0 radical (unpaired) electrons. The molecule has 1 saturated heterocycles. The number of esters is 1. The Labute approximate surface area is 152 Å². The molecule has 1 atom stereocenters. The molecule has 24 heavy (non-hydrogen) atoms. The fraction of sp³-hybridized carbons (Fsp3) is 0.632. The van der Waals surface area contributed by atoms with Gasteiger partial charge in [-0.25, -0.2) is 4.79 Å². The minimum atomic E-state index is -0.488. The summed E-state index contributed by atoms with van der Waals surface area (Å²) in [4.78, 5) is 12.1. The van der Waals surface area contributed by atoms with Crippen LogP contribution in [0.15, 0.2) is 28.7 Å². The van der Waals surface area contributed by atoms with E-state index in [-0.39, 0.29) is 12.6 Å². The third kappa shape index (κ3) is 3.84. The monoisotopic (exact) mass is 395 g/mol. The maximum atomic E-state index is 12.1. The van der Waals surface area contributed by atoms with Gasteiger partial charge in [0.05, 0.1) is 5.60 Å². The van der Waals surface area contributed by atoms with E-state index in [1.807, 2.05) is 32.9 Å². The molecule has 1 saturated carbocycles. The van der Waals surface area contributed by atoms with Crippen molar-refractivity contribution in [3.8, 4) is 0 Å². The third-order valence-corrected chi connectivity index (χ3v) is 5.45. The number of carbonyl (C=O) groups is 1. The van der Waals surface area contributed by atoms with Crippen LogP contribution in [0.5, 0.6) is 0 Å². The van der Waals surface area contributed by atoms with Crippen molar-refractivity contribution >= 4 is 21.9 Å². The first-order valence-electron chi connectivity index (χ1n) is 8.55. The lowest BCUT2D eigenvalue weighted by atomic mass is 9.77. The van der Waals surface area contributed by atoms with E-state index in [4.69, 9.17) is 9.47 Å². The van der Waals surface area contributed by atoms with Gasteiger partial charge in [-0.2, -0.15) is 0 Å². The van der Waals surface area contributed by atoms with Crippen LogP contribution in [0.4, 0.5) is 0 Å². The summed E-state index contributed by atoms with van der Waals surface area (Å²) in [5.74, 6) is -0.301. The van der Waals surface area contributed by atoms with Crippen molar-refractivity contribution in [3.63, 3.8) is 0 Å². The number of carbonyl (C=O) groups excluding carboxylic acids is 1. The predicted octanol–water partition coefficient (Wildman–Crippen LogP) is 3.78. The van der Waals surface area contributed by atoms with Crippen molar-refractivity contribution in [2.75, 3.05) is 19.7 Å². The van der Waals surface area contributed by atoms with Gasteiger partial charge in [-0.1, -0.05) is 28.1 Å². The van der Waals surface area contributed by atoms with Crippen LogP contribution in [0.2, 0.25) is 0 Å². The molecule has 0 aromatic heterocycles. The second-order valence-corrected chi connectivity index (χ2v) is 9.08. The zero-order chi connectivity index (χ0) is 17.4. The lowest BCUT2D eigenvalue weighted by Gasteiger charge is -2.41. The van der Waals surface area contributed by atoms with E-state index in [9.17, 15) is 4.79 Å². The fourth-order valence-electron chi connectivity index (χ4n) is 3.82. The first-order chi connectivity index (χ1) is 11.2. The highest BCUT2D eigenvalue weighted by Gasteiger charge is 2.53. The molecule has 2 fully saturated rings. The molecule has 0 bridgehead atoms. The summed E-state index contributed by atoms with van der Waals surface area (Å²) in [5, 5.41) is 3.38. The van der Waals surface area contributed by atoms with Crippen LogP contribution in [0.25, 0.3) is 0 Å². The van der Waals surface area contributed by atoms with E-state index >= 15 is 0 Å². The predicted molar refractivity (Wildman–Crippen MR) is 96.8 cm³/mol. The van der Waals surface area contributed by atoms with E-state index in [0.717, 1.165) is 42.4 Å². The van der Waals surface area contributed by atoms with Gasteiger partial charge in [-0.05, 0) is 63.1 Å². The molecular weight excluding hydrogens is 370 g/mol. The summed E-state index contributed by atoms with van der Waals surface area (Å²) in [6, 6.07) is 8.26. The number of benzene rings is 1. The maximum Gasteiger partial charge on any atom is 0.332 e. The molecular formula is C19H26BrNO3. The number of rotatable bonds is 4. The Morgan fingerprint density at radius 3 is 2.58 bits per heavy atom. The van der Waals surface area contributed by atoms with Gasteiger partial charge in [-0.3, -0.25) is 0 Å². The standard InChI is InChI=1S/C19H26BrNO3/c1-17(2,3)24-16(22)10-23-19(14-5-4-6-15(20)9-14)8-7-18(11-19)12-21-13-18/h4-6,9,21H,7-8,10-13H2,1-3H3. The zero-order valence-corrected chi connectivity index (χ0v) is 16.2. The molecule has 1 aliphatic heterocycles. The Bertz CT molecular complexity index is 621. The Balaban J connectivity index is 1.77. The van der Waals surface area contributed by atoms with Crippen LogP contribution in [0.1, 0.15) is 45.6 Å². The Kier molecular flexibility index (Phi) is 4.80. The fourth-order valence-corrected chi connectivity index (χ4v) is 4.22. The SMILES string of the molecule is CC(C)(C)OC(=O)COC1(c2cccc(Br)c2)CCC2(CNC2)C1. The van der Waals surface area contributed by atoms with Crippen molar-refractivity contribution in [2.45, 2.75) is 51.2 Å². The van der Waals surface area contributed by atoms with Gasteiger partial charge in [0.2, 0.25) is 0 Å². The first kappa shape index (κ1) is 17.9. The van der Waals surface area contributed by atoms with E-state index < -0.39 is 11.2 Å². The lowest BCUT2D eigenvalue weighted by Crippen LogP contribution is -2.52. The summed E-state index contributed by atoms with van der Waals surface area (Å²) in [6.45, 7) is 7.70. The smallest absolute Gasteiger partial charge is 0.332 e. The minimum Gasteiger partial charge on any atom is -0.458 e. The molecule has 132 valence electrons. The third-order valence-electron chi connectivity index (χ3n) is 4.96. The van der Waals surface area contributed by atoms with Crippen molar-refractivity contribution in [1.82, 2.24) is 5.32 Å². The molecule has 4 nitrogen and oxygen atoms in total. The molecule has 5 heteroatoms. The van der Waals surface area contributed by atoms with Crippen molar-refractivity contribution in [2.24, 2.45) is 5.41 Å². The van der Waals surface area contributed by atoms with Gasteiger partial charge in [0, 0.05) is 17.6 Å². The van der Waals surface area contributed by atoms with E-state index in [2.05, 4.69) is 33.4 Å². The average Bonchev–Trinajstić information content (AvgIpc) is 2.85. The van der Waals surface area contributed by atoms with E-state index in [0.29, 0.717) is 5.41 Å². The summed E-state index contributed by atoms with van der Waals surface area (Å²) >= 11 is 3.55. The van der Waals surface area contributed by atoms with Crippen LogP contribution in [0, 0.1) is 5.41 Å². The quantitative estimate of drug-likeness (QED) is 0.788. The van der Waals surface area contributed by atoms with E-state index in [1.54, 1.807) is 0 Å².